The predicted molar refractivity (Wildman–Crippen MR) is 91.1 cm³/mol. The van der Waals surface area contributed by atoms with Gasteiger partial charge in [-0.25, -0.2) is 0 Å². The van der Waals surface area contributed by atoms with E-state index in [4.69, 9.17) is 0 Å². The van der Waals surface area contributed by atoms with Crippen LogP contribution in [0.25, 0.3) is 0 Å². The number of pyridine rings is 1. The number of piperidine rings is 1. The zero-order valence-corrected chi connectivity index (χ0v) is 13.6. The van der Waals surface area contributed by atoms with Gasteiger partial charge in [0.2, 0.25) is 0 Å². The van der Waals surface area contributed by atoms with E-state index >= 15 is 0 Å². The van der Waals surface area contributed by atoms with Gasteiger partial charge in [-0.15, -0.1) is 0 Å². The fourth-order valence-electron chi connectivity index (χ4n) is 3.92. The Kier molecular flexibility index (Phi) is 4.17. The van der Waals surface area contributed by atoms with Crippen LogP contribution in [0.1, 0.15) is 43.7 Å². The molecule has 3 heteroatoms. The molecule has 3 heterocycles. The third kappa shape index (κ3) is 2.92. The summed E-state index contributed by atoms with van der Waals surface area (Å²) >= 11 is 1.81. The largest absolute Gasteiger partial charge is 0.293 e. The van der Waals surface area contributed by atoms with Crippen LogP contribution in [-0.2, 0) is 0 Å². The van der Waals surface area contributed by atoms with Crippen LogP contribution < -0.4 is 0 Å². The summed E-state index contributed by atoms with van der Waals surface area (Å²) in [7, 11) is 0. The molecule has 0 unspecified atom stereocenters. The lowest BCUT2D eigenvalue weighted by Crippen LogP contribution is -2.35. The maximum absolute atomic E-state index is 4.07. The van der Waals surface area contributed by atoms with Crippen LogP contribution in [0.4, 0.5) is 0 Å². The van der Waals surface area contributed by atoms with Crippen molar-refractivity contribution < 1.29 is 0 Å². The number of fused-ring (bicyclic) bond motifs is 1. The topological polar surface area (TPSA) is 16.1 Å². The van der Waals surface area contributed by atoms with E-state index in [0.717, 1.165) is 6.04 Å². The molecule has 22 heavy (non-hydrogen) atoms. The summed E-state index contributed by atoms with van der Waals surface area (Å²) in [5.41, 5.74) is 1.50. The van der Waals surface area contributed by atoms with Gasteiger partial charge in [-0.1, -0.05) is 30.3 Å². The van der Waals surface area contributed by atoms with Crippen LogP contribution in [0.3, 0.4) is 0 Å². The van der Waals surface area contributed by atoms with Crippen LogP contribution in [0.2, 0.25) is 0 Å². The van der Waals surface area contributed by atoms with Crippen LogP contribution in [0, 0.1) is 0 Å². The first-order chi connectivity index (χ1) is 10.9. The van der Waals surface area contributed by atoms with Gasteiger partial charge in [-0.2, -0.15) is 0 Å². The van der Waals surface area contributed by atoms with E-state index in [-0.39, 0.29) is 0 Å². The minimum Gasteiger partial charge on any atom is -0.293 e. The molecule has 2 atom stereocenters. The summed E-state index contributed by atoms with van der Waals surface area (Å²) in [6, 6.07) is 14.9. The normalized spacial score (nSPS) is 25.1. The SMILES string of the molecule is c1cc(Sc2ccc([C@H]3CC[C@H]4CCCCN43)cc2)ccn1. The van der Waals surface area contributed by atoms with Crippen LogP contribution in [0.15, 0.2) is 58.6 Å². The molecule has 2 saturated heterocycles. The van der Waals surface area contributed by atoms with E-state index in [2.05, 4.69) is 46.3 Å². The molecule has 2 nitrogen and oxygen atoms in total. The van der Waals surface area contributed by atoms with Gasteiger partial charge in [0, 0.05) is 34.3 Å². The molecule has 1 aromatic heterocycles. The monoisotopic (exact) mass is 310 g/mol. The van der Waals surface area contributed by atoms with Crippen molar-refractivity contribution in [2.75, 3.05) is 6.54 Å². The first-order valence-electron chi connectivity index (χ1n) is 8.34. The summed E-state index contributed by atoms with van der Waals surface area (Å²) in [5, 5.41) is 0. The highest BCUT2D eigenvalue weighted by atomic mass is 32.2. The average Bonchev–Trinajstić information content (AvgIpc) is 3.01. The van der Waals surface area contributed by atoms with Gasteiger partial charge in [0.25, 0.3) is 0 Å². The molecule has 0 saturated carbocycles. The van der Waals surface area contributed by atoms with Gasteiger partial charge in [0.05, 0.1) is 0 Å². The number of rotatable bonds is 3. The first-order valence-corrected chi connectivity index (χ1v) is 9.15. The van der Waals surface area contributed by atoms with E-state index in [0.29, 0.717) is 6.04 Å². The van der Waals surface area contributed by atoms with E-state index in [1.54, 1.807) is 0 Å². The van der Waals surface area contributed by atoms with Gasteiger partial charge >= 0.3 is 0 Å². The Morgan fingerprint density at radius 3 is 2.45 bits per heavy atom. The molecule has 0 aliphatic carbocycles. The van der Waals surface area contributed by atoms with Gasteiger partial charge in [-0.3, -0.25) is 9.88 Å². The van der Waals surface area contributed by atoms with Gasteiger partial charge in [-0.05, 0) is 62.1 Å². The predicted octanol–water partition coefficient (Wildman–Crippen LogP) is 4.92. The lowest BCUT2D eigenvalue weighted by Gasteiger charge is -2.34. The van der Waals surface area contributed by atoms with Crippen molar-refractivity contribution in [2.45, 2.75) is 54.0 Å². The molecule has 114 valence electrons. The van der Waals surface area contributed by atoms with Crippen molar-refractivity contribution in [3.8, 4) is 0 Å². The van der Waals surface area contributed by atoms with Crippen LogP contribution >= 0.6 is 11.8 Å². The molecule has 0 N–H and O–H groups in total. The second-order valence-corrected chi connectivity index (χ2v) is 7.48. The average molecular weight is 310 g/mol. The highest BCUT2D eigenvalue weighted by molar-refractivity contribution is 7.99. The van der Waals surface area contributed by atoms with Crippen LogP contribution in [-0.4, -0.2) is 22.5 Å². The summed E-state index contributed by atoms with van der Waals surface area (Å²) in [5.74, 6) is 0. The number of benzene rings is 1. The molecule has 0 bridgehead atoms. The summed E-state index contributed by atoms with van der Waals surface area (Å²) in [6.45, 7) is 1.29. The number of aromatic nitrogens is 1. The summed E-state index contributed by atoms with van der Waals surface area (Å²) in [6.07, 6.45) is 10.6. The van der Waals surface area contributed by atoms with E-state index in [1.807, 2.05) is 24.2 Å². The molecule has 0 radical (unpaired) electrons. The molecule has 0 spiro atoms. The molecule has 2 aliphatic rings. The third-order valence-corrected chi connectivity index (χ3v) is 6.01. The Morgan fingerprint density at radius 1 is 0.864 bits per heavy atom. The second-order valence-electron chi connectivity index (χ2n) is 6.33. The molecule has 0 amide bonds. The highest BCUT2D eigenvalue weighted by Crippen LogP contribution is 2.40. The number of hydrogen-bond donors (Lipinski definition) is 0. The lowest BCUT2D eigenvalue weighted by molar-refractivity contribution is 0.150. The Morgan fingerprint density at radius 2 is 1.64 bits per heavy atom. The lowest BCUT2D eigenvalue weighted by atomic mass is 10.0. The Hall–Kier alpha value is -1.32. The van der Waals surface area contributed by atoms with Gasteiger partial charge in [0.1, 0.15) is 0 Å². The second kappa shape index (κ2) is 6.43. The molecule has 1 aromatic carbocycles. The van der Waals surface area contributed by atoms with E-state index < -0.39 is 0 Å². The Labute approximate surface area is 136 Å². The summed E-state index contributed by atoms with van der Waals surface area (Å²) < 4.78 is 0. The van der Waals surface area contributed by atoms with Crippen molar-refractivity contribution >= 4 is 11.8 Å². The van der Waals surface area contributed by atoms with Crippen molar-refractivity contribution in [2.24, 2.45) is 0 Å². The quantitative estimate of drug-likeness (QED) is 0.800. The van der Waals surface area contributed by atoms with E-state index in [9.17, 15) is 0 Å². The zero-order valence-electron chi connectivity index (χ0n) is 12.8. The maximum atomic E-state index is 4.07. The summed E-state index contributed by atoms with van der Waals surface area (Å²) in [4.78, 5) is 9.39. The Bertz CT molecular complexity index is 611. The molecule has 2 fully saturated rings. The van der Waals surface area contributed by atoms with Crippen molar-refractivity contribution in [1.82, 2.24) is 9.88 Å². The standard InChI is InChI=1S/C19H22N2S/c1-2-14-21-16(3-1)6-9-19(21)15-4-7-17(8-5-15)22-18-10-12-20-13-11-18/h4-5,7-8,10-13,16,19H,1-3,6,9,14H2/t16-,19-/m1/s1. The third-order valence-electron chi connectivity index (χ3n) is 5.00. The highest BCUT2D eigenvalue weighted by Gasteiger charge is 2.35. The van der Waals surface area contributed by atoms with Crippen molar-refractivity contribution in [1.29, 1.82) is 0 Å². The number of nitrogens with zero attached hydrogens (tertiary/aromatic N) is 2. The molecule has 2 aliphatic heterocycles. The molecule has 2 aromatic rings. The van der Waals surface area contributed by atoms with Crippen LogP contribution in [0.5, 0.6) is 0 Å². The van der Waals surface area contributed by atoms with Gasteiger partial charge in [0.15, 0.2) is 0 Å². The Balaban J connectivity index is 1.48. The molecule has 4 rings (SSSR count). The zero-order chi connectivity index (χ0) is 14.8. The number of hydrogen-bond acceptors (Lipinski definition) is 3. The molecular weight excluding hydrogens is 288 g/mol. The smallest absolute Gasteiger partial charge is 0.0351 e. The molecular formula is C19H22N2S. The maximum Gasteiger partial charge on any atom is 0.0351 e. The van der Waals surface area contributed by atoms with Crippen molar-refractivity contribution in [3.05, 3.63) is 54.4 Å². The minimum absolute atomic E-state index is 0.658. The minimum atomic E-state index is 0.658. The van der Waals surface area contributed by atoms with Gasteiger partial charge < -0.3 is 0 Å². The van der Waals surface area contributed by atoms with Crippen molar-refractivity contribution in [3.63, 3.8) is 0 Å². The fourth-order valence-corrected chi connectivity index (χ4v) is 4.72. The fraction of sp³-hybridized carbons (Fsp3) is 0.421. The first kappa shape index (κ1) is 14.3. The van der Waals surface area contributed by atoms with E-state index in [1.165, 1.54) is 54.0 Å².